The van der Waals surface area contributed by atoms with Gasteiger partial charge in [-0.15, -0.1) is 0 Å². The van der Waals surface area contributed by atoms with Gasteiger partial charge in [0.1, 0.15) is 6.10 Å². The highest BCUT2D eigenvalue weighted by Gasteiger charge is 2.23. The number of nitrogens with zero attached hydrogens (tertiary/aromatic N) is 2. The van der Waals surface area contributed by atoms with Crippen molar-refractivity contribution < 1.29 is 9.53 Å². The molecule has 2 heterocycles. The van der Waals surface area contributed by atoms with E-state index in [1.54, 1.807) is 6.20 Å². The fraction of sp³-hybridized carbons (Fsp3) is 0.375. The van der Waals surface area contributed by atoms with Crippen LogP contribution < -0.4 is 5.32 Å². The highest BCUT2D eigenvalue weighted by molar-refractivity contribution is 5.94. The zero-order valence-corrected chi connectivity index (χ0v) is 12.1. The summed E-state index contributed by atoms with van der Waals surface area (Å²) >= 11 is 0. The van der Waals surface area contributed by atoms with Crippen LogP contribution in [0.4, 0.5) is 5.69 Å². The normalized spacial score (nSPS) is 17.9. The summed E-state index contributed by atoms with van der Waals surface area (Å²) in [6, 6.07) is 8.33. The van der Waals surface area contributed by atoms with Crippen LogP contribution in [-0.4, -0.2) is 28.4 Å². The van der Waals surface area contributed by atoms with Crippen molar-refractivity contribution in [3.05, 3.63) is 47.8 Å². The molecule has 1 fully saturated rings. The maximum atomic E-state index is 11.9. The second-order valence-electron chi connectivity index (χ2n) is 5.40. The summed E-state index contributed by atoms with van der Waals surface area (Å²) in [5, 5.41) is 7.13. The third kappa shape index (κ3) is 3.49. The van der Waals surface area contributed by atoms with Crippen molar-refractivity contribution in [1.29, 1.82) is 0 Å². The Balaban J connectivity index is 1.60. The Bertz CT molecular complexity index is 613. The van der Waals surface area contributed by atoms with Gasteiger partial charge in [0.2, 0.25) is 0 Å². The highest BCUT2D eigenvalue weighted by Crippen LogP contribution is 2.15. The summed E-state index contributed by atoms with van der Waals surface area (Å²) in [5.41, 5.74) is 3.13. The average molecular weight is 285 g/mol. The molecule has 3 rings (SSSR count). The lowest BCUT2D eigenvalue weighted by atomic mass is 10.1. The number of amides is 1. The van der Waals surface area contributed by atoms with Crippen molar-refractivity contribution in [3.63, 3.8) is 0 Å². The minimum absolute atomic E-state index is 0.0811. The van der Waals surface area contributed by atoms with Gasteiger partial charge in [0.25, 0.3) is 5.91 Å². The summed E-state index contributed by atoms with van der Waals surface area (Å²) in [6.07, 6.45) is 4.94. The maximum absolute atomic E-state index is 11.9. The summed E-state index contributed by atoms with van der Waals surface area (Å²) in [6.45, 7) is 3.43. The fourth-order valence-corrected chi connectivity index (χ4v) is 2.40. The van der Waals surface area contributed by atoms with E-state index >= 15 is 0 Å². The van der Waals surface area contributed by atoms with Crippen LogP contribution in [-0.2, 0) is 16.1 Å². The molecule has 0 radical (unpaired) electrons. The van der Waals surface area contributed by atoms with Gasteiger partial charge in [-0.2, -0.15) is 5.10 Å². The van der Waals surface area contributed by atoms with Crippen molar-refractivity contribution in [3.8, 4) is 0 Å². The first kappa shape index (κ1) is 13.8. The van der Waals surface area contributed by atoms with Gasteiger partial charge >= 0.3 is 0 Å². The lowest BCUT2D eigenvalue weighted by Gasteiger charge is -2.08. The minimum Gasteiger partial charge on any atom is -0.368 e. The zero-order chi connectivity index (χ0) is 14.7. The second-order valence-corrected chi connectivity index (χ2v) is 5.40. The fourth-order valence-electron chi connectivity index (χ4n) is 2.40. The van der Waals surface area contributed by atoms with Gasteiger partial charge in [0.15, 0.2) is 0 Å². The van der Waals surface area contributed by atoms with Gasteiger partial charge in [0.05, 0.1) is 18.4 Å². The van der Waals surface area contributed by atoms with E-state index in [1.165, 1.54) is 11.1 Å². The molecule has 110 valence electrons. The molecule has 0 saturated carbocycles. The van der Waals surface area contributed by atoms with Crippen molar-refractivity contribution in [1.82, 2.24) is 9.78 Å². The van der Waals surface area contributed by atoms with Crippen molar-refractivity contribution in [2.45, 2.75) is 32.4 Å². The lowest BCUT2D eigenvalue weighted by molar-refractivity contribution is -0.124. The Hall–Kier alpha value is -2.14. The van der Waals surface area contributed by atoms with Crippen LogP contribution in [0, 0.1) is 6.92 Å². The largest absolute Gasteiger partial charge is 0.368 e. The number of ether oxygens (including phenoxy) is 1. The standard InChI is InChI=1S/C16H19N3O2/c1-12-4-6-13(7-5-12)10-19-11-14(9-17-19)18-16(20)15-3-2-8-21-15/h4-7,9,11,15H,2-3,8,10H2,1H3,(H,18,20). The molecular formula is C16H19N3O2. The van der Waals surface area contributed by atoms with Crippen LogP contribution in [0.1, 0.15) is 24.0 Å². The number of carbonyl (C=O) groups excluding carboxylic acids is 1. The van der Waals surface area contributed by atoms with E-state index in [0.717, 1.165) is 12.8 Å². The molecule has 21 heavy (non-hydrogen) atoms. The summed E-state index contributed by atoms with van der Waals surface area (Å²) in [7, 11) is 0. The van der Waals surface area contributed by atoms with E-state index < -0.39 is 0 Å². The van der Waals surface area contributed by atoms with Crippen LogP contribution in [0.2, 0.25) is 0 Å². The highest BCUT2D eigenvalue weighted by atomic mass is 16.5. The molecule has 5 heteroatoms. The number of rotatable bonds is 4. The van der Waals surface area contributed by atoms with E-state index in [2.05, 4.69) is 41.6 Å². The molecule has 0 bridgehead atoms. The first-order chi connectivity index (χ1) is 10.2. The third-order valence-corrected chi connectivity index (χ3v) is 3.59. The molecule has 1 N–H and O–H groups in total. The third-order valence-electron chi connectivity index (χ3n) is 3.59. The smallest absolute Gasteiger partial charge is 0.253 e. The molecule has 5 nitrogen and oxygen atoms in total. The lowest BCUT2D eigenvalue weighted by Crippen LogP contribution is -2.26. The van der Waals surface area contributed by atoms with Gasteiger partial charge in [0, 0.05) is 12.8 Å². The van der Waals surface area contributed by atoms with Crippen molar-refractivity contribution in [2.75, 3.05) is 11.9 Å². The van der Waals surface area contributed by atoms with E-state index in [0.29, 0.717) is 18.8 Å². The molecule has 1 aliphatic heterocycles. The average Bonchev–Trinajstić information content (AvgIpc) is 3.13. The number of aryl methyl sites for hydroxylation is 1. The minimum atomic E-state index is -0.314. The van der Waals surface area contributed by atoms with E-state index in [4.69, 9.17) is 4.74 Å². The Morgan fingerprint density at radius 3 is 2.95 bits per heavy atom. The van der Waals surface area contributed by atoms with E-state index in [-0.39, 0.29) is 12.0 Å². The molecule has 1 saturated heterocycles. The summed E-state index contributed by atoms with van der Waals surface area (Å²) in [5.74, 6) is -0.0811. The van der Waals surface area contributed by atoms with Crippen LogP contribution in [0.25, 0.3) is 0 Å². The number of aromatic nitrogens is 2. The van der Waals surface area contributed by atoms with E-state index in [1.807, 2.05) is 10.9 Å². The molecule has 1 atom stereocenters. The number of hydrogen-bond donors (Lipinski definition) is 1. The molecule has 0 spiro atoms. The second kappa shape index (κ2) is 6.10. The van der Waals surface area contributed by atoms with Crippen LogP contribution >= 0.6 is 0 Å². The Morgan fingerprint density at radius 2 is 2.24 bits per heavy atom. The Labute approximate surface area is 123 Å². The Kier molecular flexibility index (Phi) is 4.01. The number of nitrogens with one attached hydrogen (secondary N) is 1. The predicted molar refractivity (Wildman–Crippen MR) is 80.1 cm³/mol. The molecule has 1 aromatic carbocycles. The molecule has 1 aromatic heterocycles. The van der Waals surface area contributed by atoms with Gasteiger partial charge in [-0.05, 0) is 25.3 Å². The maximum Gasteiger partial charge on any atom is 0.253 e. The topological polar surface area (TPSA) is 56.2 Å². The van der Waals surface area contributed by atoms with Gasteiger partial charge < -0.3 is 10.1 Å². The summed E-state index contributed by atoms with van der Waals surface area (Å²) < 4.78 is 7.18. The number of benzene rings is 1. The number of anilines is 1. The molecule has 0 aliphatic carbocycles. The first-order valence-electron chi connectivity index (χ1n) is 7.21. The molecule has 1 amide bonds. The zero-order valence-electron chi connectivity index (χ0n) is 12.1. The van der Waals surface area contributed by atoms with Crippen LogP contribution in [0.3, 0.4) is 0 Å². The number of carbonyl (C=O) groups is 1. The predicted octanol–water partition coefficient (Wildman–Crippen LogP) is 2.36. The van der Waals surface area contributed by atoms with Gasteiger partial charge in [-0.3, -0.25) is 9.48 Å². The molecular weight excluding hydrogens is 266 g/mol. The summed E-state index contributed by atoms with van der Waals surface area (Å²) in [4.78, 5) is 11.9. The molecule has 1 unspecified atom stereocenters. The van der Waals surface area contributed by atoms with Crippen molar-refractivity contribution in [2.24, 2.45) is 0 Å². The quantitative estimate of drug-likeness (QED) is 0.938. The number of hydrogen-bond acceptors (Lipinski definition) is 3. The first-order valence-corrected chi connectivity index (χ1v) is 7.21. The molecule has 2 aromatic rings. The van der Waals surface area contributed by atoms with Crippen LogP contribution in [0.5, 0.6) is 0 Å². The SMILES string of the molecule is Cc1ccc(Cn2cc(NC(=O)C3CCCO3)cn2)cc1. The monoisotopic (exact) mass is 285 g/mol. The van der Waals surface area contributed by atoms with Crippen molar-refractivity contribution >= 4 is 11.6 Å². The Morgan fingerprint density at radius 1 is 1.43 bits per heavy atom. The van der Waals surface area contributed by atoms with E-state index in [9.17, 15) is 4.79 Å². The van der Waals surface area contributed by atoms with Gasteiger partial charge in [-0.25, -0.2) is 0 Å². The van der Waals surface area contributed by atoms with Gasteiger partial charge in [-0.1, -0.05) is 29.8 Å². The van der Waals surface area contributed by atoms with Crippen LogP contribution in [0.15, 0.2) is 36.7 Å². The molecule has 1 aliphatic rings.